The van der Waals surface area contributed by atoms with E-state index in [1.165, 1.54) is 6.42 Å². The Morgan fingerprint density at radius 2 is 2.10 bits per heavy atom. The molecule has 0 aliphatic carbocycles. The average Bonchev–Trinajstić information content (AvgIpc) is 3.15. The first-order chi connectivity index (χ1) is 14.6. The van der Waals surface area contributed by atoms with Crippen LogP contribution in [0.15, 0.2) is 65.6 Å². The van der Waals surface area contributed by atoms with Gasteiger partial charge in [0.25, 0.3) is 5.91 Å². The van der Waals surface area contributed by atoms with Gasteiger partial charge in [-0.15, -0.1) is 0 Å². The zero-order valence-electron chi connectivity index (χ0n) is 16.9. The molecular formula is C23H24N6O. The minimum atomic E-state index is -0.263. The molecule has 0 saturated carbocycles. The topological polar surface area (TPSA) is 86.3 Å². The summed E-state index contributed by atoms with van der Waals surface area (Å²) in [6.45, 7) is 8.77. The molecule has 1 aliphatic heterocycles. The van der Waals surface area contributed by atoms with Gasteiger partial charge in [0.1, 0.15) is 0 Å². The van der Waals surface area contributed by atoms with E-state index in [4.69, 9.17) is 0 Å². The number of rotatable bonds is 7. The second-order valence-electron chi connectivity index (χ2n) is 7.37. The SMILES string of the molecule is C=N/C=C(\C=C(/C)c1ccc2[nH]nc(C(=O)Nc3ccncc3)c2c1)CN1CCC1. The molecule has 4 rings (SSSR count). The van der Waals surface area contributed by atoms with Crippen molar-refractivity contribution in [3.8, 4) is 0 Å². The van der Waals surface area contributed by atoms with Gasteiger partial charge in [-0.05, 0) is 74.1 Å². The molecule has 3 heterocycles. The van der Waals surface area contributed by atoms with Crippen LogP contribution in [-0.2, 0) is 0 Å². The van der Waals surface area contributed by atoms with Crippen LogP contribution in [0.5, 0.6) is 0 Å². The number of likely N-dealkylation sites (tertiary alicyclic amines) is 1. The lowest BCUT2D eigenvalue weighted by Gasteiger charge is -2.30. The minimum absolute atomic E-state index is 0.263. The van der Waals surface area contributed by atoms with E-state index in [1.54, 1.807) is 24.5 Å². The lowest BCUT2D eigenvalue weighted by molar-refractivity contribution is 0.102. The molecule has 0 bridgehead atoms. The van der Waals surface area contributed by atoms with Crippen LogP contribution in [0.2, 0.25) is 0 Å². The standard InChI is InChI=1S/C23H24N6O/c1-16(12-17(14-24-2)15-29-10-3-11-29)18-4-5-21-20(13-18)22(28-27-21)23(30)26-19-6-8-25-9-7-19/h4-9,12-14H,2-3,10-11,15H2,1H3,(H,27,28)(H,25,26,30)/b16-12+,17-14+. The summed E-state index contributed by atoms with van der Waals surface area (Å²) in [5, 5.41) is 10.8. The zero-order valence-corrected chi connectivity index (χ0v) is 16.9. The zero-order chi connectivity index (χ0) is 20.9. The highest BCUT2D eigenvalue weighted by Gasteiger charge is 2.16. The van der Waals surface area contributed by atoms with Gasteiger partial charge in [0.15, 0.2) is 5.69 Å². The number of benzene rings is 1. The number of hydrogen-bond donors (Lipinski definition) is 2. The summed E-state index contributed by atoms with van der Waals surface area (Å²) in [5.74, 6) is -0.263. The molecule has 3 aromatic rings. The molecule has 1 aliphatic rings. The van der Waals surface area contributed by atoms with E-state index < -0.39 is 0 Å². The van der Waals surface area contributed by atoms with Gasteiger partial charge < -0.3 is 5.32 Å². The molecule has 0 atom stereocenters. The van der Waals surface area contributed by atoms with Gasteiger partial charge in [-0.2, -0.15) is 5.10 Å². The smallest absolute Gasteiger partial charge is 0.276 e. The first-order valence-electron chi connectivity index (χ1n) is 9.89. The Morgan fingerprint density at radius 1 is 1.30 bits per heavy atom. The Kier molecular flexibility index (Phi) is 5.81. The molecule has 7 nitrogen and oxygen atoms in total. The fourth-order valence-corrected chi connectivity index (χ4v) is 3.46. The van der Waals surface area contributed by atoms with E-state index in [-0.39, 0.29) is 5.91 Å². The predicted octanol–water partition coefficient (Wildman–Crippen LogP) is 3.90. The Hall–Kier alpha value is -3.58. The number of carbonyl (C=O) groups excluding carboxylic acids is 1. The maximum absolute atomic E-state index is 12.7. The molecule has 2 aromatic heterocycles. The molecule has 1 aromatic carbocycles. The third-order valence-corrected chi connectivity index (χ3v) is 5.19. The number of H-pyrrole nitrogens is 1. The number of aliphatic imine (C=N–C) groups is 1. The van der Waals surface area contributed by atoms with E-state index in [1.807, 2.05) is 24.4 Å². The molecule has 0 radical (unpaired) electrons. The van der Waals surface area contributed by atoms with E-state index in [9.17, 15) is 4.79 Å². The molecule has 0 spiro atoms. The summed E-state index contributed by atoms with van der Waals surface area (Å²) in [6.07, 6.45) is 8.46. The summed E-state index contributed by atoms with van der Waals surface area (Å²) >= 11 is 0. The number of amides is 1. The molecule has 0 unspecified atom stereocenters. The lowest BCUT2D eigenvalue weighted by Crippen LogP contribution is -2.38. The van der Waals surface area contributed by atoms with Crippen molar-refractivity contribution in [2.75, 3.05) is 25.0 Å². The number of carbonyl (C=O) groups is 1. The maximum Gasteiger partial charge on any atom is 0.276 e. The van der Waals surface area contributed by atoms with Gasteiger partial charge in [-0.25, -0.2) is 0 Å². The summed E-state index contributed by atoms with van der Waals surface area (Å²) in [7, 11) is 0. The number of aromatic amines is 1. The van der Waals surface area contributed by atoms with E-state index in [2.05, 4.69) is 50.1 Å². The van der Waals surface area contributed by atoms with Crippen LogP contribution >= 0.6 is 0 Å². The Morgan fingerprint density at radius 3 is 2.80 bits per heavy atom. The third-order valence-electron chi connectivity index (χ3n) is 5.19. The van der Waals surface area contributed by atoms with Crippen molar-refractivity contribution < 1.29 is 4.79 Å². The number of allylic oxidation sites excluding steroid dienone is 1. The van der Waals surface area contributed by atoms with Crippen molar-refractivity contribution >= 4 is 34.8 Å². The normalized spacial score (nSPS) is 15.1. The van der Waals surface area contributed by atoms with E-state index in [0.29, 0.717) is 11.4 Å². The van der Waals surface area contributed by atoms with Crippen molar-refractivity contribution in [3.05, 3.63) is 71.8 Å². The summed E-state index contributed by atoms with van der Waals surface area (Å²) in [6, 6.07) is 9.45. The molecule has 152 valence electrons. The lowest BCUT2D eigenvalue weighted by atomic mass is 10.0. The number of pyridine rings is 1. The molecule has 1 saturated heterocycles. The van der Waals surface area contributed by atoms with Gasteiger partial charge in [0.2, 0.25) is 0 Å². The van der Waals surface area contributed by atoms with E-state index >= 15 is 0 Å². The minimum Gasteiger partial charge on any atom is -0.320 e. The molecule has 2 N–H and O–H groups in total. The first kappa shape index (κ1) is 19.7. The maximum atomic E-state index is 12.7. The molecule has 1 amide bonds. The van der Waals surface area contributed by atoms with Crippen LogP contribution < -0.4 is 5.32 Å². The second-order valence-corrected chi connectivity index (χ2v) is 7.37. The van der Waals surface area contributed by atoms with Crippen molar-refractivity contribution in [2.24, 2.45) is 4.99 Å². The first-order valence-corrected chi connectivity index (χ1v) is 9.89. The highest BCUT2D eigenvalue weighted by Crippen LogP contribution is 2.24. The van der Waals surface area contributed by atoms with Gasteiger partial charge in [-0.1, -0.05) is 12.1 Å². The number of fused-ring (bicyclic) bond motifs is 1. The fraction of sp³-hybridized carbons (Fsp3) is 0.217. The Balaban J connectivity index is 1.60. The number of nitrogens with one attached hydrogen (secondary N) is 2. The highest BCUT2D eigenvalue weighted by molar-refractivity contribution is 6.11. The van der Waals surface area contributed by atoms with Crippen LogP contribution in [0.1, 0.15) is 29.4 Å². The van der Waals surface area contributed by atoms with Gasteiger partial charge in [0, 0.05) is 36.2 Å². The quantitative estimate of drug-likeness (QED) is 0.465. The predicted molar refractivity (Wildman–Crippen MR) is 121 cm³/mol. The average molecular weight is 400 g/mol. The van der Waals surface area contributed by atoms with Gasteiger partial charge in [-0.3, -0.25) is 24.8 Å². The number of aromatic nitrogens is 3. The second kappa shape index (κ2) is 8.84. The van der Waals surface area contributed by atoms with Crippen LogP contribution in [0.3, 0.4) is 0 Å². The molecule has 30 heavy (non-hydrogen) atoms. The van der Waals surface area contributed by atoms with Crippen molar-refractivity contribution in [2.45, 2.75) is 13.3 Å². The molecule has 7 heteroatoms. The summed E-state index contributed by atoms with van der Waals surface area (Å²) < 4.78 is 0. The number of anilines is 1. The van der Waals surface area contributed by atoms with Crippen molar-refractivity contribution in [1.82, 2.24) is 20.1 Å². The van der Waals surface area contributed by atoms with Crippen LogP contribution in [0.4, 0.5) is 5.69 Å². The van der Waals surface area contributed by atoms with Gasteiger partial charge >= 0.3 is 0 Å². The van der Waals surface area contributed by atoms with Crippen molar-refractivity contribution in [3.63, 3.8) is 0 Å². The van der Waals surface area contributed by atoms with Gasteiger partial charge in [0.05, 0.1) is 5.52 Å². The number of nitrogens with zero attached hydrogens (tertiary/aromatic N) is 4. The molecular weight excluding hydrogens is 376 g/mol. The Labute approximate surface area is 175 Å². The third kappa shape index (κ3) is 4.36. The highest BCUT2D eigenvalue weighted by atomic mass is 16.1. The largest absolute Gasteiger partial charge is 0.320 e. The Bertz CT molecular complexity index is 1130. The van der Waals surface area contributed by atoms with Crippen molar-refractivity contribution in [1.29, 1.82) is 0 Å². The van der Waals surface area contributed by atoms with Crippen LogP contribution in [0.25, 0.3) is 16.5 Å². The van der Waals surface area contributed by atoms with Crippen LogP contribution in [-0.4, -0.2) is 52.3 Å². The van der Waals surface area contributed by atoms with E-state index in [0.717, 1.165) is 47.2 Å². The number of hydrogen-bond acceptors (Lipinski definition) is 5. The summed E-state index contributed by atoms with van der Waals surface area (Å²) in [4.78, 5) is 23.0. The molecule has 1 fully saturated rings. The summed E-state index contributed by atoms with van der Waals surface area (Å²) in [5.41, 5.74) is 5.09. The van der Waals surface area contributed by atoms with Crippen LogP contribution in [0, 0.1) is 0 Å². The monoisotopic (exact) mass is 400 g/mol. The fourth-order valence-electron chi connectivity index (χ4n) is 3.46.